The molecule has 0 unspecified atom stereocenters. The van der Waals surface area contributed by atoms with Gasteiger partial charge in [0.25, 0.3) is 5.91 Å². The van der Waals surface area contributed by atoms with Crippen LogP contribution in [0.2, 0.25) is 10.0 Å². The largest absolute Gasteiger partial charge is 0.448 e. The van der Waals surface area contributed by atoms with Gasteiger partial charge in [0.05, 0.1) is 34.5 Å². The number of para-hydroxylation sites is 1. The fourth-order valence-electron chi connectivity index (χ4n) is 2.18. The maximum Gasteiger partial charge on any atom is 0.404 e. The molecule has 0 spiro atoms. The van der Waals surface area contributed by atoms with Gasteiger partial charge in [-0.3, -0.25) is 4.79 Å². The molecule has 0 radical (unpaired) electrons. The van der Waals surface area contributed by atoms with Gasteiger partial charge in [-0.25, -0.2) is 4.79 Å². The first kappa shape index (κ1) is 18.6. The Hall–Kier alpha value is -2.75. The molecule has 2 aromatic carbocycles. The van der Waals surface area contributed by atoms with Crippen LogP contribution in [0.4, 0.5) is 10.5 Å². The molecule has 6 nitrogen and oxygen atoms in total. The molecule has 0 fully saturated rings. The standard InChI is InChI=1S/C17H13Cl2N3O3/c18-12-6-5-11(10-20)13(9-12)16(23)22(7-8-25-17(21)24)15-4-2-1-3-14(15)19/h1-6,9H,7-8H2,(H2,21,24). The van der Waals surface area contributed by atoms with Crippen LogP contribution in [0.25, 0.3) is 0 Å². The summed E-state index contributed by atoms with van der Waals surface area (Å²) in [4.78, 5) is 25.1. The number of amides is 2. The molecular weight excluding hydrogens is 365 g/mol. The van der Waals surface area contributed by atoms with E-state index in [9.17, 15) is 14.9 Å². The number of ether oxygens (including phenoxy) is 1. The maximum atomic E-state index is 13.0. The highest BCUT2D eigenvalue weighted by Gasteiger charge is 2.23. The first-order valence-electron chi connectivity index (χ1n) is 7.12. The van der Waals surface area contributed by atoms with Gasteiger partial charge in [-0.2, -0.15) is 5.26 Å². The third kappa shape index (κ3) is 4.63. The molecule has 0 aliphatic heterocycles. The number of primary amides is 1. The first-order chi connectivity index (χ1) is 11.9. The summed E-state index contributed by atoms with van der Waals surface area (Å²) in [5, 5.41) is 9.88. The Labute approximate surface area is 154 Å². The molecule has 2 aromatic rings. The lowest BCUT2D eigenvalue weighted by atomic mass is 10.1. The third-order valence-corrected chi connectivity index (χ3v) is 3.83. The van der Waals surface area contributed by atoms with Gasteiger partial charge in [0.2, 0.25) is 0 Å². The van der Waals surface area contributed by atoms with E-state index in [1.54, 1.807) is 24.3 Å². The molecule has 0 aliphatic carbocycles. The summed E-state index contributed by atoms with van der Waals surface area (Å²) in [7, 11) is 0. The van der Waals surface area contributed by atoms with Crippen LogP contribution in [0.3, 0.4) is 0 Å². The Morgan fingerprint density at radius 2 is 1.92 bits per heavy atom. The van der Waals surface area contributed by atoms with Gasteiger partial charge in [-0.05, 0) is 30.3 Å². The zero-order valence-electron chi connectivity index (χ0n) is 12.9. The second-order valence-electron chi connectivity index (χ2n) is 4.88. The van der Waals surface area contributed by atoms with Crippen molar-refractivity contribution in [2.75, 3.05) is 18.1 Å². The molecule has 2 N–H and O–H groups in total. The lowest BCUT2D eigenvalue weighted by Crippen LogP contribution is -2.35. The second-order valence-corrected chi connectivity index (χ2v) is 5.72. The van der Waals surface area contributed by atoms with Crippen LogP contribution in [-0.2, 0) is 4.74 Å². The Bertz CT molecular complexity index is 849. The molecule has 2 rings (SSSR count). The van der Waals surface area contributed by atoms with Crippen LogP contribution in [-0.4, -0.2) is 25.2 Å². The van der Waals surface area contributed by atoms with E-state index in [1.807, 2.05) is 6.07 Å². The smallest absolute Gasteiger partial charge is 0.404 e. The van der Waals surface area contributed by atoms with Crippen LogP contribution in [0.1, 0.15) is 15.9 Å². The van der Waals surface area contributed by atoms with Crippen molar-refractivity contribution in [3.05, 3.63) is 63.6 Å². The molecule has 2 amide bonds. The molecule has 0 heterocycles. The number of nitrogens with two attached hydrogens (primary N) is 1. The lowest BCUT2D eigenvalue weighted by Gasteiger charge is -2.24. The average molecular weight is 378 g/mol. The lowest BCUT2D eigenvalue weighted by molar-refractivity contribution is 0.0975. The van der Waals surface area contributed by atoms with E-state index in [2.05, 4.69) is 0 Å². The minimum atomic E-state index is -0.952. The van der Waals surface area contributed by atoms with Gasteiger partial charge in [-0.15, -0.1) is 0 Å². The number of anilines is 1. The Kier molecular flexibility index (Phi) is 6.23. The van der Waals surface area contributed by atoms with Gasteiger partial charge < -0.3 is 15.4 Å². The monoisotopic (exact) mass is 377 g/mol. The number of carbonyl (C=O) groups excluding carboxylic acids is 2. The average Bonchev–Trinajstić information content (AvgIpc) is 2.59. The highest BCUT2D eigenvalue weighted by molar-refractivity contribution is 6.34. The van der Waals surface area contributed by atoms with Crippen LogP contribution in [0.15, 0.2) is 42.5 Å². The van der Waals surface area contributed by atoms with Crippen molar-refractivity contribution in [2.24, 2.45) is 5.73 Å². The van der Waals surface area contributed by atoms with Crippen molar-refractivity contribution in [3.63, 3.8) is 0 Å². The molecule has 0 aromatic heterocycles. The van der Waals surface area contributed by atoms with E-state index in [0.717, 1.165) is 0 Å². The van der Waals surface area contributed by atoms with Gasteiger partial charge in [-0.1, -0.05) is 35.3 Å². The van der Waals surface area contributed by atoms with Gasteiger partial charge in [0.1, 0.15) is 6.61 Å². The summed E-state index contributed by atoms with van der Waals surface area (Å²) in [5.74, 6) is -0.500. The Morgan fingerprint density at radius 3 is 2.56 bits per heavy atom. The number of nitrogens with zero attached hydrogens (tertiary/aromatic N) is 2. The van der Waals surface area contributed by atoms with Crippen molar-refractivity contribution >= 4 is 40.9 Å². The molecule has 25 heavy (non-hydrogen) atoms. The molecule has 8 heteroatoms. The van der Waals surface area contributed by atoms with Gasteiger partial charge in [0.15, 0.2) is 0 Å². The van der Waals surface area contributed by atoms with Crippen molar-refractivity contribution < 1.29 is 14.3 Å². The summed E-state index contributed by atoms with van der Waals surface area (Å²) < 4.78 is 4.71. The van der Waals surface area contributed by atoms with E-state index < -0.39 is 12.0 Å². The fraction of sp³-hybridized carbons (Fsp3) is 0.118. The zero-order chi connectivity index (χ0) is 18.4. The van der Waals surface area contributed by atoms with Crippen LogP contribution in [0, 0.1) is 11.3 Å². The number of carbonyl (C=O) groups is 2. The predicted octanol–water partition coefficient (Wildman–Crippen LogP) is 3.61. The van der Waals surface area contributed by atoms with Crippen LogP contribution >= 0.6 is 23.2 Å². The molecule has 0 saturated heterocycles. The minimum absolute atomic E-state index is 0.00287. The molecular formula is C17H13Cl2N3O3. The van der Waals surface area contributed by atoms with E-state index in [0.29, 0.717) is 15.7 Å². The van der Waals surface area contributed by atoms with Gasteiger partial charge >= 0.3 is 6.09 Å². The quantitative estimate of drug-likeness (QED) is 0.860. The fourth-order valence-corrected chi connectivity index (χ4v) is 2.59. The molecule has 128 valence electrons. The summed E-state index contributed by atoms with van der Waals surface area (Å²) in [6, 6.07) is 13.0. The zero-order valence-corrected chi connectivity index (χ0v) is 14.4. The predicted molar refractivity (Wildman–Crippen MR) is 94.8 cm³/mol. The summed E-state index contributed by atoms with van der Waals surface area (Å²) >= 11 is 12.1. The van der Waals surface area contributed by atoms with E-state index >= 15 is 0 Å². The topological polar surface area (TPSA) is 96.4 Å². The summed E-state index contributed by atoms with van der Waals surface area (Å²) in [6.07, 6.45) is -0.952. The van der Waals surface area contributed by atoms with Gasteiger partial charge in [0, 0.05) is 5.02 Å². The summed E-state index contributed by atoms with van der Waals surface area (Å²) in [5.41, 5.74) is 5.65. The number of hydrogen-bond donors (Lipinski definition) is 1. The third-order valence-electron chi connectivity index (χ3n) is 3.28. The van der Waals surface area contributed by atoms with Crippen molar-refractivity contribution in [1.82, 2.24) is 0 Å². The number of rotatable bonds is 5. The summed E-state index contributed by atoms with van der Waals surface area (Å²) in [6.45, 7) is -0.127. The van der Waals surface area contributed by atoms with E-state index in [1.165, 1.54) is 23.1 Å². The van der Waals surface area contributed by atoms with Crippen molar-refractivity contribution in [3.8, 4) is 6.07 Å². The first-order valence-corrected chi connectivity index (χ1v) is 7.88. The Morgan fingerprint density at radius 1 is 1.20 bits per heavy atom. The van der Waals surface area contributed by atoms with Crippen LogP contribution in [0.5, 0.6) is 0 Å². The minimum Gasteiger partial charge on any atom is -0.448 e. The van der Waals surface area contributed by atoms with E-state index in [-0.39, 0.29) is 24.3 Å². The number of nitriles is 1. The molecule has 0 aliphatic rings. The van der Waals surface area contributed by atoms with Crippen molar-refractivity contribution in [2.45, 2.75) is 0 Å². The molecule has 0 saturated carbocycles. The van der Waals surface area contributed by atoms with Crippen molar-refractivity contribution in [1.29, 1.82) is 5.26 Å². The number of halogens is 2. The number of hydrogen-bond acceptors (Lipinski definition) is 4. The highest BCUT2D eigenvalue weighted by Crippen LogP contribution is 2.28. The number of benzene rings is 2. The maximum absolute atomic E-state index is 13.0. The highest BCUT2D eigenvalue weighted by atomic mass is 35.5. The molecule has 0 atom stereocenters. The second kappa shape index (κ2) is 8.38. The molecule has 0 bridgehead atoms. The van der Waals surface area contributed by atoms with E-state index in [4.69, 9.17) is 33.7 Å². The Balaban J connectivity index is 2.43. The SMILES string of the molecule is N#Cc1ccc(Cl)cc1C(=O)N(CCOC(N)=O)c1ccccc1Cl. The van der Waals surface area contributed by atoms with Crippen LogP contribution < -0.4 is 10.6 Å². The normalized spacial score (nSPS) is 9.96.